The van der Waals surface area contributed by atoms with Crippen molar-refractivity contribution in [2.24, 2.45) is 0 Å². The third-order valence-electron chi connectivity index (χ3n) is 4.43. The molecule has 1 saturated heterocycles. The van der Waals surface area contributed by atoms with Gasteiger partial charge in [0, 0.05) is 5.69 Å². The van der Waals surface area contributed by atoms with E-state index in [9.17, 15) is 19.2 Å². The molecule has 1 fully saturated rings. The molecule has 172 valence electrons. The van der Waals surface area contributed by atoms with E-state index in [1.54, 1.807) is 31.2 Å². The second kappa shape index (κ2) is 10.7. The Morgan fingerprint density at radius 1 is 1.09 bits per heavy atom. The summed E-state index contributed by atoms with van der Waals surface area (Å²) >= 11 is 0.733. The van der Waals surface area contributed by atoms with E-state index in [4.69, 9.17) is 14.6 Å². The summed E-state index contributed by atoms with van der Waals surface area (Å²) in [5.41, 5.74) is 2.16. The van der Waals surface area contributed by atoms with E-state index in [1.165, 1.54) is 12.1 Å². The Labute approximate surface area is 194 Å². The zero-order valence-electron chi connectivity index (χ0n) is 18.0. The molecule has 33 heavy (non-hydrogen) atoms. The van der Waals surface area contributed by atoms with Gasteiger partial charge in [0.1, 0.15) is 6.54 Å². The summed E-state index contributed by atoms with van der Waals surface area (Å²) in [6.45, 7) is 3.08. The van der Waals surface area contributed by atoms with E-state index in [-0.39, 0.29) is 10.7 Å². The molecule has 0 aliphatic carbocycles. The van der Waals surface area contributed by atoms with Crippen LogP contribution in [-0.2, 0) is 14.4 Å². The number of carbonyl (C=O) groups is 4. The van der Waals surface area contributed by atoms with Crippen molar-refractivity contribution < 1.29 is 33.8 Å². The van der Waals surface area contributed by atoms with Crippen molar-refractivity contribution in [1.82, 2.24) is 4.90 Å². The molecule has 10 heteroatoms. The third kappa shape index (κ3) is 6.36. The van der Waals surface area contributed by atoms with E-state index in [0.717, 1.165) is 22.2 Å². The second-order valence-corrected chi connectivity index (χ2v) is 8.00. The van der Waals surface area contributed by atoms with E-state index in [2.05, 4.69) is 5.32 Å². The molecule has 1 aliphatic rings. The number of carbonyl (C=O) groups excluding carboxylic acids is 3. The first-order valence-electron chi connectivity index (χ1n) is 10.00. The van der Waals surface area contributed by atoms with Crippen molar-refractivity contribution in [3.63, 3.8) is 0 Å². The molecule has 9 nitrogen and oxygen atoms in total. The van der Waals surface area contributed by atoms with E-state index in [0.29, 0.717) is 23.6 Å². The average Bonchev–Trinajstić information content (AvgIpc) is 3.02. The van der Waals surface area contributed by atoms with Crippen LogP contribution in [0.15, 0.2) is 47.4 Å². The number of thioether (sulfide) groups is 1. The number of ether oxygens (including phenoxy) is 2. The highest BCUT2D eigenvalue weighted by Crippen LogP contribution is 2.34. The molecule has 0 bridgehead atoms. The Balaban J connectivity index is 1.71. The minimum absolute atomic E-state index is 0.157. The van der Waals surface area contributed by atoms with Crippen molar-refractivity contribution in [2.45, 2.75) is 13.8 Å². The molecule has 0 spiro atoms. The summed E-state index contributed by atoms with van der Waals surface area (Å²) in [6.07, 6.45) is 1.51. The highest BCUT2D eigenvalue weighted by molar-refractivity contribution is 8.18. The lowest BCUT2D eigenvalue weighted by Crippen LogP contribution is -2.36. The van der Waals surface area contributed by atoms with Gasteiger partial charge in [-0.15, -0.1) is 0 Å². The Hall–Kier alpha value is -3.79. The van der Waals surface area contributed by atoms with Crippen LogP contribution in [0.25, 0.3) is 6.08 Å². The SMILES string of the molecule is CCOc1cc(C=C2SC(=O)N(CC(=O)Nc3ccc(C)cc3)C2=O)ccc1OCC(=O)O. The van der Waals surface area contributed by atoms with E-state index in [1.807, 2.05) is 19.1 Å². The van der Waals surface area contributed by atoms with Crippen molar-refractivity contribution in [3.05, 3.63) is 58.5 Å². The number of carboxylic acid groups (broad SMARTS) is 1. The summed E-state index contributed by atoms with van der Waals surface area (Å²) in [7, 11) is 0. The molecule has 1 heterocycles. The van der Waals surface area contributed by atoms with Gasteiger partial charge >= 0.3 is 5.97 Å². The Bertz CT molecular complexity index is 1110. The molecular formula is C23H22N2O7S. The summed E-state index contributed by atoms with van der Waals surface area (Å²) in [4.78, 5) is 49.2. The first kappa shape index (κ1) is 23.9. The van der Waals surface area contributed by atoms with Gasteiger partial charge in [0.2, 0.25) is 5.91 Å². The fourth-order valence-corrected chi connectivity index (χ4v) is 3.75. The van der Waals surface area contributed by atoms with Crippen LogP contribution in [-0.4, -0.2) is 52.8 Å². The summed E-state index contributed by atoms with van der Waals surface area (Å²) < 4.78 is 10.7. The van der Waals surface area contributed by atoms with E-state index >= 15 is 0 Å². The predicted molar refractivity (Wildman–Crippen MR) is 123 cm³/mol. The Kier molecular flexibility index (Phi) is 7.73. The number of benzene rings is 2. The molecule has 3 amide bonds. The van der Waals surface area contributed by atoms with Crippen molar-refractivity contribution in [1.29, 1.82) is 0 Å². The zero-order valence-corrected chi connectivity index (χ0v) is 18.8. The van der Waals surface area contributed by atoms with Crippen molar-refractivity contribution >= 4 is 46.5 Å². The molecule has 2 aromatic rings. The molecule has 0 saturated carbocycles. The maximum Gasteiger partial charge on any atom is 0.341 e. The van der Waals surface area contributed by atoms with Gasteiger partial charge in [-0.05, 0) is 61.5 Å². The van der Waals surface area contributed by atoms with Crippen LogP contribution in [0.2, 0.25) is 0 Å². The first-order chi connectivity index (χ1) is 15.8. The van der Waals surface area contributed by atoms with Crippen LogP contribution in [0.3, 0.4) is 0 Å². The molecule has 3 rings (SSSR count). The van der Waals surface area contributed by atoms with Crippen LogP contribution >= 0.6 is 11.8 Å². The maximum absolute atomic E-state index is 12.7. The van der Waals surface area contributed by atoms with Crippen LogP contribution < -0.4 is 14.8 Å². The third-order valence-corrected chi connectivity index (χ3v) is 5.33. The normalized spacial score (nSPS) is 14.5. The minimum atomic E-state index is -1.12. The smallest absolute Gasteiger partial charge is 0.341 e. The van der Waals surface area contributed by atoms with Gasteiger partial charge in [-0.25, -0.2) is 4.79 Å². The number of rotatable bonds is 9. The fraction of sp³-hybridized carbons (Fsp3) is 0.217. The average molecular weight is 471 g/mol. The molecule has 2 N–H and O–H groups in total. The van der Waals surface area contributed by atoms with Crippen LogP contribution in [0.5, 0.6) is 11.5 Å². The highest BCUT2D eigenvalue weighted by atomic mass is 32.2. The van der Waals surface area contributed by atoms with Crippen LogP contribution in [0.1, 0.15) is 18.1 Å². The standard InChI is InChI=1S/C23H22N2O7S/c1-3-31-18-10-15(6-9-17(18)32-13-21(27)28)11-19-22(29)25(23(30)33-19)12-20(26)24-16-7-4-14(2)5-8-16/h4-11H,3,12-13H2,1-2H3,(H,24,26)(H,27,28). The molecule has 1 aliphatic heterocycles. The lowest BCUT2D eigenvalue weighted by atomic mass is 10.2. The monoisotopic (exact) mass is 470 g/mol. The largest absolute Gasteiger partial charge is 0.490 e. The van der Waals surface area contributed by atoms with Gasteiger partial charge in [-0.3, -0.25) is 19.3 Å². The van der Waals surface area contributed by atoms with Crippen LogP contribution in [0, 0.1) is 6.92 Å². The van der Waals surface area contributed by atoms with Gasteiger partial charge in [-0.1, -0.05) is 23.8 Å². The zero-order chi connectivity index (χ0) is 24.0. The van der Waals surface area contributed by atoms with E-state index < -0.39 is 36.2 Å². The fourth-order valence-electron chi connectivity index (χ4n) is 2.91. The predicted octanol–water partition coefficient (Wildman–Crippen LogP) is 3.53. The molecule has 0 radical (unpaired) electrons. The molecule has 2 aromatic carbocycles. The number of anilines is 1. The molecule has 0 unspecified atom stereocenters. The van der Waals surface area contributed by atoms with Gasteiger partial charge in [0.05, 0.1) is 11.5 Å². The Morgan fingerprint density at radius 3 is 2.48 bits per heavy atom. The van der Waals surface area contributed by atoms with Gasteiger partial charge in [-0.2, -0.15) is 0 Å². The number of hydrogen-bond donors (Lipinski definition) is 2. The number of aliphatic carboxylic acids is 1. The lowest BCUT2D eigenvalue weighted by Gasteiger charge is -2.13. The quantitative estimate of drug-likeness (QED) is 0.534. The van der Waals surface area contributed by atoms with Crippen molar-refractivity contribution in [2.75, 3.05) is 25.1 Å². The number of nitrogens with zero attached hydrogens (tertiary/aromatic N) is 1. The summed E-state index contributed by atoms with van der Waals surface area (Å²) in [6, 6.07) is 11.9. The highest BCUT2D eigenvalue weighted by Gasteiger charge is 2.36. The summed E-state index contributed by atoms with van der Waals surface area (Å²) in [5.74, 6) is -1.63. The first-order valence-corrected chi connectivity index (χ1v) is 10.8. The second-order valence-electron chi connectivity index (χ2n) is 7.00. The molecule has 0 atom stereocenters. The number of hydrogen-bond acceptors (Lipinski definition) is 7. The topological polar surface area (TPSA) is 122 Å². The minimum Gasteiger partial charge on any atom is -0.490 e. The number of imide groups is 1. The number of aryl methyl sites for hydroxylation is 1. The molecule has 0 aromatic heterocycles. The number of nitrogens with one attached hydrogen (secondary N) is 1. The maximum atomic E-state index is 12.7. The lowest BCUT2D eigenvalue weighted by molar-refractivity contribution is -0.139. The van der Waals surface area contributed by atoms with Gasteiger partial charge < -0.3 is 19.9 Å². The number of amides is 3. The number of carboxylic acids is 1. The summed E-state index contributed by atoms with van der Waals surface area (Å²) in [5, 5.41) is 10.9. The Morgan fingerprint density at radius 2 is 1.82 bits per heavy atom. The van der Waals surface area contributed by atoms with Crippen molar-refractivity contribution in [3.8, 4) is 11.5 Å². The van der Waals surface area contributed by atoms with Crippen LogP contribution in [0.4, 0.5) is 10.5 Å². The van der Waals surface area contributed by atoms with Gasteiger partial charge in [0.25, 0.3) is 11.1 Å². The van der Waals surface area contributed by atoms with Gasteiger partial charge in [0.15, 0.2) is 18.1 Å². The molecular weight excluding hydrogens is 448 g/mol.